The molecule has 0 saturated carbocycles. The quantitative estimate of drug-likeness (QED) is 0.635. The predicted molar refractivity (Wildman–Crippen MR) is 75.1 cm³/mol. The van der Waals surface area contributed by atoms with E-state index in [9.17, 15) is 13.5 Å². The fourth-order valence-corrected chi connectivity index (χ4v) is 2.95. The zero-order valence-corrected chi connectivity index (χ0v) is 12.4. The Hall–Kier alpha value is -1.67. The first kappa shape index (κ1) is 14.7. The molecule has 2 bridgehead atoms. The maximum absolute atomic E-state index is 11.6. The van der Waals surface area contributed by atoms with E-state index in [1.54, 1.807) is 11.8 Å². The molecule has 0 amide bonds. The highest BCUT2D eigenvalue weighted by Crippen LogP contribution is 2.45. The van der Waals surface area contributed by atoms with Crippen molar-refractivity contribution in [2.45, 2.75) is 33.4 Å². The van der Waals surface area contributed by atoms with Gasteiger partial charge in [-0.15, -0.1) is 8.42 Å². The molecule has 2 heterocycles. The second-order valence-electron chi connectivity index (χ2n) is 4.51. The number of nitrogens with two attached hydrogens (primary N) is 1. The molecule has 1 unspecified atom stereocenters. The number of hydrogen-bond acceptors (Lipinski definition) is 7. The normalized spacial score (nSPS) is 17.0. The van der Waals surface area contributed by atoms with Crippen molar-refractivity contribution >= 4 is 21.8 Å². The zero-order chi connectivity index (χ0) is 15.1. The smallest absolute Gasteiger partial charge is 0.395 e. The molecule has 1 aromatic rings. The van der Waals surface area contributed by atoms with Crippen molar-refractivity contribution in [3.8, 4) is 11.5 Å². The van der Waals surface area contributed by atoms with Crippen LogP contribution in [-0.2, 0) is 10.4 Å². The van der Waals surface area contributed by atoms with Gasteiger partial charge in [-0.2, -0.15) is 0 Å². The van der Waals surface area contributed by atoms with Gasteiger partial charge in [0, 0.05) is 18.2 Å². The van der Waals surface area contributed by atoms with Crippen molar-refractivity contribution in [2.24, 2.45) is 0 Å². The van der Waals surface area contributed by atoms with Gasteiger partial charge in [0.1, 0.15) is 6.23 Å². The summed E-state index contributed by atoms with van der Waals surface area (Å²) in [6.07, 6.45) is -0.265. The minimum Gasteiger partial charge on any atom is -0.395 e. The number of nitrogen functional groups attached to an aromatic ring is 1. The molecule has 1 atom stereocenters. The van der Waals surface area contributed by atoms with Crippen molar-refractivity contribution in [3.63, 3.8) is 0 Å². The molecular formula is C12H18N2O5S. The maximum Gasteiger partial charge on any atom is 0.501 e. The average molecular weight is 302 g/mol. The van der Waals surface area contributed by atoms with E-state index in [-0.39, 0.29) is 17.2 Å². The Labute approximate surface area is 118 Å². The number of hydrogen-bond donors (Lipinski definition) is 2. The second-order valence-corrected chi connectivity index (χ2v) is 5.66. The number of fused-ring (bicyclic) bond motifs is 4. The van der Waals surface area contributed by atoms with Crippen LogP contribution >= 0.6 is 0 Å². The highest BCUT2D eigenvalue weighted by Gasteiger charge is 2.32. The maximum atomic E-state index is 11.6. The van der Waals surface area contributed by atoms with Gasteiger partial charge >= 0.3 is 10.4 Å². The highest BCUT2D eigenvalue weighted by molar-refractivity contribution is 7.82. The Kier molecular flexibility index (Phi) is 3.70. The summed E-state index contributed by atoms with van der Waals surface area (Å²) in [5.74, 6) is 0.110. The predicted octanol–water partition coefficient (Wildman–Crippen LogP) is 1.15. The third kappa shape index (κ3) is 2.36. The van der Waals surface area contributed by atoms with E-state index < -0.39 is 16.6 Å². The monoisotopic (exact) mass is 302 g/mol. The third-order valence-corrected chi connectivity index (χ3v) is 4.02. The summed E-state index contributed by atoms with van der Waals surface area (Å²) in [5, 5.41) is 10.0. The lowest BCUT2D eigenvalue weighted by Gasteiger charge is -2.29. The van der Waals surface area contributed by atoms with E-state index in [2.05, 4.69) is 0 Å². The van der Waals surface area contributed by atoms with E-state index in [1.165, 1.54) is 6.07 Å². The number of nitrogens with zero attached hydrogens (tertiary/aromatic N) is 1. The molecule has 0 aliphatic carbocycles. The Morgan fingerprint density at radius 2 is 2.05 bits per heavy atom. The van der Waals surface area contributed by atoms with Crippen LogP contribution in [0.1, 0.15) is 25.8 Å². The molecule has 1 aromatic carbocycles. The molecule has 0 fully saturated rings. The van der Waals surface area contributed by atoms with E-state index >= 15 is 0 Å². The Bertz CT molecular complexity index is 629. The lowest BCUT2D eigenvalue weighted by atomic mass is 10.1. The van der Waals surface area contributed by atoms with Gasteiger partial charge in [-0.25, -0.2) is 0 Å². The van der Waals surface area contributed by atoms with Crippen LogP contribution < -0.4 is 19.0 Å². The number of anilines is 2. The SMILES string of the molecule is CCC(O)N(CC)c1cc2c(N)c(C)c1OS(=O)(=O)O2. The van der Waals surface area contributed by atoms with Gasteiger partial charge in [0.05, 0.1) is 11.4 Å². The topological polar surface area (TPSA) is 102 Å². The molecule has 20 heavy (non-hydrogen) atoms. The first-order chi connectivity index (χ1) is 9.30. The second kappa shape index (κ2) is 5.02. The lowest BCUT2D eigenvalue weighted by molar-refractivity contribution is 0.165. The molecule has 0 saturated heterocycles. The van der Waals surface area contributed by atoms with Crippen molar-refractivity contribution in [1.29, 1.82) is 0 Å². The van der Waals surface area contributed by atoms with Crippen LogP contribution in [-0.4, -0.2) is 26.3 Å². The third-order valence-electron chi connectivity index (χ3n) is 3.26. The van der Waals surface area contributed by atoms with E-state index in [0.29, 0.717) is 24.2 Å². The van der Waals surface area contributed by atoms with Gasteiger partial charge in [-0.05, 0) is 20.3 Å². The van der Waals surface area contributed by atoms with Crippen LogP contribution in [0.4, 0.5) is 11.4 Å². The Balaban J connectivity index is 2.65. The van der Waals surface area contributed by atoms with Gasteiger partial charge in [0.25, 0.3) is 0 Å². The summed E-state index contributed by atoms with van der Waals surface area (Å²) in [6, 6.07) is 1.48. The van der Waals surface area contributed by atoms with Crippen molar-refractivity contribution < 1.29 is 21.9 Å². The largest absolute Gasteiger partial charge is 0.501 e. The van der Waals surface area contributed by atoms with E-state index in [0.717, 1.165) is 0 Å². The first-order valence-corrected chi connectivity index (χ1v) is 7.65. The highest BCUT2D eigenvalue weighted by atomic mass is 32.3. The lowest BCUT2D eigenvalue weighted by Crippen LogP contribution is -2.34. The van der Waals surface area contributed by atoms with E-state index in [1.807, 2.05) is 13.8 Å². The summed E-state index contributed by atoms with van der Waals surface area (Å²) in [7, 11) is -4.18. The first-order valence-electron chi connectivity index (χ1n) is 6.32. The molecule has 0 spiro atoms. The molecule has 3 N–H and O–H groups in total. The van der Waals surface area contributed by atoms with Gasteiger partial charge in [-0.1, -0.05) is 6.92 Å². The summed E-state index contributed by atoms with van der Waals surface area (Å²) in [5.41, 5.74) is 6.96. The Morgan fingerprint density at radius 1 is 1.40 bits per heavy atom. The van der Waals surface area contributed by atoms with E-state index in [4.69, 9.17) is 14.1 Å². The van der Waals surface area contributed by atoms with Gasteiger partial charge in [0.15, 0.2) is 11.5 Å². The van der Waals surface area contributed by atoms with Gasteiger partial charge in [0.2, 0.25) is 0 Å². The number of rotatable bonds is 4. The minimum absolute atomic E-state index is 0.0144. The fourth-order valence-electron chi connectivity index (χ4n) is 2.15. The number of benzene rings is 1. The van der Waals surface area contributed by atoms with Crippen LogP contribution in [0.15, 0.2) is 6.07 Å². The Morgan fingerprint density at radius 3 is 2.60 bits per heavy atom. The zero-order valence-electron chi connectivity index (χ0n) is 11.6. The number of aliphatic hydroxyl groups excluding tert-OH is 1. The summed E-state index contributed by atoms with van der Waals surface area (Å²) in [6.45, 7) is 5.80. The van der Waals surface area contributed by atoms with Gasteiger partial charge < -0.3 is 24.1 Å². The molecule has 8 heteroatoms. The molecule has 112 valence electrons. The van der Waals surface area contributed by atoms with Crippen LogP contribution in [0, 0.1) is 6.92 Å². The van der Waals surface area contributed by atoms with Crippen molar-refractivity contribution in [1.82, 2.24) is 0 Å². The molecule has 2 aliphatic rings. The van der Waals surface area contributed by atoms with Crippen LogP contribution in [0.25, 0.3) is 0 Å². The fraction of sp³-hybridized carbons (Fsp3) is 0.500. The van der Waals surface area contributed by atoms with Crippen molar-refractivity contribution in [2.75, 3.05) is 17.2 Å². The average Bonchev–Trinajstić information content (AvgIpc) is 2.57. The standard InChI is InChI=1S/C12H18N2O5S/c1-4-10(15)14(5-2)8-6-9-11(13)7(3)12(8)19-20(16,17)18-9/h6,10,15H,4-5,13H2,1-3H3. The molecular weight excluding hydrogens is 284 g/mol. The summed E-state index contributed by atoms with van der Waals surface area (Å²) >= 11 is 0. The van der Waals surface area contributed by atoms with Crippen LogP contribution in [0.5, 0.6) is 11.5 Å². The van der Waals surface area contributed by atoms with Crippen LogP contribution in [0.2, 0.25) is 0 Å². The summed E-state index contributed by atoms with van der Waals surface area (Å²) < 4.78 is 33.0. The van der Waals surface area contributed by atoms with Crippen molar-refractivity contribution in [3.05, 3.63) is 11.6 Å². The molecule has 0 aromatic heterocycles. The molecule has 3 rings (SSSR count). The molecule has 7 nitrogen and oxygen atoms in total. The van der Waals surface area contributed by atoms with Gasteiger partial charge in [-0.3, -0.25) is 0 Å². The minimum atomic E-state index is -4.18. The number of aliphatic hydroxyl groups is 1. The summed E-state index contributed by atoms with van der Waals surface area (Å²) in [4.78, 5) is 1.63. The van der Waals surface area contributed by atoms with Crippen LogP contribution in [0.3, 0.4) is 0 Å². The molecule has 0 radical (unpaired) electrons. The molecule has 2 aliphatic heterocycles.